The standard InChI is InChI=1S/C20H29N3O2/c24-17-7-4-10-23(13-17)20(25)21-19-9-8-16-12-22(14-18(16)19)11-15-5-2-1-3-6-15/h1-3,5-6,16-19,24H,4,7-14H2,(H,21,25)/t16-,17-,18+,19-/m1/s1. The van der Waals surface area contributed by atoms with E-state index in [1.165, 1.54) is 12.0 Å². The molecule has 2 heterocycles. The van der Waals surface area contributed by atoms with Crippen molar-refractivity contribution in [2.45, 2.75) is 44.4 Å². The van der Waals surface area contributed by atoms with Crippen LogP contribution in [0.3, 0.4) is 0 Å². The van der Waals surface area contributed by atoms with Crippen LogP contribution in [0.2, 0.25) is 0 Å². The zero-order valence-electron chi connectivity index (χ0n) is 14.8. The van der Waals surface area contributed by atoms with Crippen molar-refractivity contribution < 1.29 is 9.90 Å². The van der Waals surface area contributed by atoms with Crippen LogP contribution in [0.15, 0.2) is 30.3 Å². The molecule has 0 radical (unpaired) electrons. The summed E-state index contributed by atoms with van der Waals surface area (Å²) in [5, 5.41) is 13.1. The predicted molar refractivity (Wildman–Crippen MR) is 97.1 cm³/mol. The molecule has 0 unspecified atom stereocenters. The maximum atomic E-state index is 12.6. The molecule has 2 saturated heterocycles. The minimum absolute atomic E-state index is 0.0194. The Morgan fingerprint density at radius 1 is 1.12 bits per heavy atom. The van der Waals surface area contributed by atoms with Crippen LogP contribution in [-0.2, 0) is 6.54 Å². The number of urea groups is 1. The fourth-order valence-corrected chi connectivity index (χ4v) is 4.90. The zero-order valence-corrected chi connectivity index (χ0v) is 14.8. The molecular weight excluding hydrogens is 314 g/mol. The Labute approximate surface area is 150 Å². The summed E-state index contributed by atoms with van der Waals surface area (Å²) in [4.78, 5) is 16.9. The van der Waals surface area contributed by atoms with Gasteiger partial charge in [0, 0.05) is 38.8 Å². The second-order valence-electron chi connectivity index (χ2n) is 7.98. The number of rotatable bonds is 3. The lowest BCUT2D eigenvalue weighted by Gasteiger charge is -2.32. The molecule has 4 atom stereocenters. The number of nitrogens with one attached hydrogen (secondary N) is 1. The molecule has 0 spiro atoms. The van der Waals surface area contributed by atoms with E-state index in [1.54, 1.807) is 4.90 Å². The number of β-amino-alcohol motifs (C(OH)–C–C–N with tert-alkyl or cyclic N) is 1. The highest BCUT2D eigenvalue weighted by atomic mass is 16.3. The van der Waals surface area contributed by atoms with Crippen molar-refractivity contribution >= 4 is 6.03 Å². The van der Waals surface area contributed by atoms with Gasteiger partial charge in [-0.3, -0.25) is 4.90 Å². The highest BCUT2D eigenvalue weighted by Crippen LogP contribution is 2.38. The number of likely N-dealkylation sites (tertiary alicyclic amines) is 2. The lowest BCUT2D eigenvalue weighted by molar-refractivity contribution is 0.0826. The number of aliphatic hydroxyl groups is 1. The second-order valence-corrected chi connectivity index (χ2v) is 7.98. The Morgan fingerprint density at radius 2 is 1.96 bits per heavy atom. The molecule has 1 aliphatic carbocycles. The van der Waals surface area contributed by atoms with Crippen molar-refractivity contribution in [2.75, 3.05) is 26.2 Å². The van der Waals surface area contributed by atoms with Gasteiger partial charge in [-0.2, -0.15) is 0 Å². The van der Waals surface area contributed by atoms with Crippen molar-refractivity contribution in [1.29, 1.82) is 0 Å². The van der Waals surface area contributed by atoms with Crippen molar-refractivity contribution in [2.24, 2.45) is 11.8 Å². The molecule has 5 nitrogen and oxygen atoms in total. The summed E-state index contributed by atoms with van der Waals surface area (Å²) in [5.74, 6) is 1.28. The molecular formula is C20H29N3O2. The predicted octanol–water partition coefficient (Wildman–Crippen LogP) is 2.06. The summed E-state index contributed by atoms with van der Waals surface area (Å²) < 4.78 is 0. The first-order chi connectivity index (χ1) is 12.2. The first kappa shape index (κ1) is 16.9. The number of carbonyl (C=O) groups excluding carboxylic acids is 1. The monoisotopic (exact) mass is 343 g/mol. The van der Waals surface area contributed by atoms with Crippen LogP contribution in [0.4, 0.5) is 4.79 Å². The SMILES string of the molecule is O=C(N[C@@H]1CC[C@@H]2CN(Cc3ccccc3)C[C@@H]21)N1CCC[C@@H](O)C1. The van der Waals surface area contributed by atoms with E-state index in [1.807, 2.05) is 0 Å². The van der Waals surface area contributed by atoms with Crippen LogP contribution in [-0.4, -0.2) is 59.3 Å². The maximum absolute atomic E-state index is 12.6. The van der Waals surface area contributed by atoms with Crippen molar-refractivity contribution in [3.05, 3.63) is 35.9 Å². The van der Waals surface area contributed by atoms with E-state index in [-0.39, 0.29) is 18.2 Å². The molecule has 2 N–H and O–H groups in total. The lowest BCUT2D eigenvalue weighted by Crippen LogP contribution is -2.51. The van der Waals surface area contributed by atoms with E-state index in [0.717, 1.165) is 45.4 Å². The third-order valence-electron chi connectivity index (χ3n) is 6.17. The van der Waals surface area contributed by atoms with Crippen molar-refractivity contribution in [3.8, 4) is 0 Å². The van der Waals surface area contributed by atoms with Crippen LogP contribution in [0.5, 0.6) is 0 Å². The fraction of sp³-hybridized carbons (Fsp3) is 0.650. The Balaban J connectivity index is 1.31. The summed E-state index contributed by atoms with van der Waals surface area (Å²) in [5.41, 5.74) is 1.37. The van der Waals surface area contributed by atoms with Crippen LogP contribution in [0.1, 0.15) is 31.2 Å². The first-order valence-electron chi connectivity index (χ1n) is 9.69. The largest absolute Gasteiger partial charge is 0.391 e. The third kappa shape index (κ3) is 3.82. The molecule has 5 heteroatoms. The van der Waals surface area contributed by atoms with E-state index >= 15 is 0 Å². The molecule has 0 bridgehead atoms. The molecule has 136 valence electrons. The molecule has 1 saturated carbocycles. The average molecular weight is 343 g/mol. The first-order valence-corrected chi connectivity index (χ1v) is 9.69. The number of benzene rings is 1. The van der Waals surface area contributed by atoms with Crippen LogP contribution in [0, 0.1) is 11.8 Å². The smallest absolute Gasteiger partial charge is 0.317 e. The van der Waals surface area contributed by atoms with E-state index in [0.29, 0.717) is 18.4 Å². The van der Waals surface area contributed by atoms with Crippen LogP contribution >= 0.6 is 0 Å². The quantitative estimate of drug-likeness (QED) is 0.883. The fourth-order valence-electron chi connectivity index (χ4n) is 4.90. The van der Waals surface area contributed by atoms with Gasteiger partial charge in [0.05, 0.1) is 6.10 Å². The van der Waals surface area contributed by atoms with E-state index in [9.17, 15) is 9.90 Å². The number of fused-ring (bicyclic) bond motifs is 1. The Kier molecular flexibility index (Phi) is 4.95. The number of nitrogens with zero attached hydrogens (tertiary/aromatic N) is 2. The van der Waals surface area contributed by atoms with Gasteiger partial charge in [-0.25, -0.2) is 4.79 Å². The molecule has 3 aliphatic rings. The number of hydrogen-bond donors (Lipinski definition) is 2. The highest BCUT2D eigenvalue weighted by molar-refractivity contribution is 5.74. The Bertz CT molecular complexity index is 594. The van der Waals surface area contributed by atoms with Gasteiger partial charge in [0.2, 0.25) is 0 Å². The molecule has 0 aromatic heterocycles. The average Bonchev–Trinajstić information content (AvgIpc) is 3.17. The number of hydrogen-bond acceptors (Lipinski definition) is 3. The van der Waals surface area contributed by atoms with Gasteiger partial charge in [-0.1, -0.05) is 30.3 Å². The summed E-state index contributed by atoms with van der Waals surface area (Å²) in [6.45, 7) is 4.48. The van der Waals surface area contributed by atoms with E-state index in [2.05, 4.69) is 40.5 Å². The van der Waals surface area contributed by atoms with Crippen LogP contribution < -0.4 is 5.32 Å². The molecule has 3 fully saturated rings. The van der Waals surface area contributed by atoms with Crippen LogP contribution in [0.25, 0.3) is 0 Å². The van der Waals surface area contributed by atoms with E-state index < -0.39 is 0 Å². The Hall–Kier alpha value is -1.59. The van der Waals surface area contributed by atoms with Crippen molar-refractivity contribution in [1.82, 2.24) is 15.1 Å². The second kappa shape index (κ2) is 7.34. The van der Waals surface area contributed by atoms with Gasteiger partial charge in [-0.05, 0) is 43.1 Å². The molecule has 1 aromatic carbocycles. The number of amides is 2. The summed E-state index contributed by atoms with van der Waals surface area (Å²) in [6.07, 6.45) is 3.66. The summed E-state index contributed by atoms with van der Waals surface area (Å²) in [7, 11) is 0. The molecule has 2 amide bonds. The maximum Gasteiger partial charge on any atom is 0.317 e. The van der Waals surface area contributed by atoms with Crippen molar-refractivity contribution in [3.63, 3.8) is 0 Å². The van der Waals surface area contributed by atoms with Gasteiger partial charge < -0.3 is 15.3 Å². The number of piperidine rings is 1. The van der Waals surface area contributed by atoms with Gasteiger partial charge in [0.15, 0.2) is 0 Å². The topological polar surface area (TPSA) is 55.8 Å². The van der Waals surface area contributed by atoms with Gasteiger partial charge in [-0.15, -0.1) is 0 Å². The molecule has 4 rings (SSSR count). The molecule has 25 heavy (non-hydrogen) atoms. The minimum Gasteiger partial charge on any atom is -0.391 e. The molecule has 2 aliphatic heterocycles. The number of aliphatic hydroxyl groups excluding tert-OH is 1. The summed E-state index contributed by atoms with van der Waals surface area (Å²) in [6, 6.07) is 10.9. The van der Waals surface area contributed by atoms with E-state index in [4.69, 9.17) is 0 Å². The van der Waals surface area contributed by atoms with Gasteiger partial charge >= 0.3 is 6.03 Å². The zero-order chi connectivity index (χ0) is 17.2. The van der Waals surface area contributed by atoms with Gasteiger partial charge in [0.1, 0.15) is 0 Å². The summed E-state index contributed by atoms with van der Waals surface area (Å²) >= 11 is 0. The highest BCUT2D eigenvalue weighted by Gasteiger charge is 2.43. The third-order valence-corrected chi connectivity index (χ3v) is 6.17. The minimum atomic E-state index is -0.358. The lowest BCUT2D eigenvalue weighted by atomic mass is 9.98. The normalized spacial score (nSPS) is 32.6. The Morgan fingerprint density at radius 3 is 2.76 bits per heavy atom. The number of carbonyl (C=O) groups is 1. The molecule has 1 aromatic rings. The van der Waals surface area contributed by atoms with Gasteiger partial charge in [0.25, 0.3) is 0 Å².